The zero-order valence-electron chi connectivity index (χ0n) is 10.6. The zero-order valence-corrected chi connectivity index (χ0v) is 13.1. The minimum atomic E-state index is -2.96. The Kier molecular flexibility index (Phi) is 7.25. The summed E-state index contributed by atoms with van der Waals surface area (Å²) in [7, 11) is 0. The van der Waals surface area contributed by atoms with Gasteiger partial charge in [-0.2, -0.15) is 0 Å². The molecule has 97 valence electrons. The van der Waals surface area contributed by atoms with Crippen molar-refractivity contribution in [2.24, 2.45) is 0 Å². The van der Waals surface area contributed by atoms with E-state index in [0.29, 0.717) is 18.8 Å². The summed E-state index contributed by atoms with van der Waals surface area (Å²) in [6.07, 6.45) is -0.112. The molecule has 18 heavy (non-hydrogen) atoms. The van der Waals surface area contributed by atoms with Gasteiger partial charge in [-0.3, -0.25) is 0 Å². The van der Waals surface area contributed by atoms with Crippen LogP contribution >= 0.6 is 0 Å². The van der Waals surface area contributed by atoms with E-state index in [2.05, 4.69) is 0 Å². The maximum atomic E-state index is 11.9. The van der Waals surface area contributed by atoms with Crippen molar-refractivity contribution in [1.29, 1.82) is 0 Å². The van der Waals surface area contributed by atoms with Crippen molar-refractivity contribution < 1.29 is 37.8 Å². The third-order valence-corrected chi connectivity index (χ3v) is 6.46. The molecule has 0 spiro atoms. The third kappa shape index (κ3) is 4.93. The number of carbonyl (C=O) groups excluding carboxylic acids is 2. The Bertz CT molecular complexity index is 385. The van der Waals surface area contributed by atoms with E-state index in [1.54, 1.807) is 24.3 Å². The summed E-state index contributed by atoms with van der Waals surface area (Å²) < 4.78 is 10.6. The molecule has 0 unspecified atom stereocenters. The van der Waals surface area contributed by atoms with Crippen LogP contribution in [0.4, 0.5) is 0 Å². The summed E-state index contributed by atoms with van der Waals surface area (Å²) >= 11 is -2.96. The molecule has 0 N–H and O–H groups in total. The van der Waals surface area contributed by atoms with E-state index < -0.39 is 22.6 Å². The van der Waals surface area contributed by atoms with E-state index in [9.17, 15) is 9.59 Å². The van der Waals surface area contributed by atoms with Gasteiger partial charge in [0.1, 0.15) is 0 Å². The van der Waals surface area contributed by atoms with Gasteiger partial charge in [-0.25, -0.2) is 0 Å². The second-order valence-electron chi connectivity index (χ2n) is 3.54. The summed E-state index contributed by atoms with van der Waals surface area (Å²) in [6, 6.07) is 8.81. The van der Waals surface area contributed by atoms with Crippen molar-refractivity contribution in [3.05, 3.63) is 35.9 Å². The van der Waals surface area contributed by atoms with Crippen LogP contribution in [0.15, 0.2) is 30.3 Å². The van der Waals surface area contributed by atoms with Gasteiger partial charge in [-0.1, -0.05) is 0 Å². The van der Waals surface area contributed by atoms with Crippen LogP contribution < -0.4 is 0 Å². The van der Waals surface area contributed by atoms with Crippen LogP contribution in [-0.2, 0) is 33.1 Å². The molecule has 0 bridgehead atoms. The number of Topliss-reactive ketones (excluding diaryl/α,β-unsaturated/α-hetero) is 1. The summed E-state index contributed by atoms with van der Waals surface area (Å²) in [5.74, 6) is -0.168. The Labute approximate surface area is 116 Å². The molecule has 1 aromatic carbocycles. The van der Waals surface area contributed by atoms with Crippen molar-refractivity contribution in [3.8, 4) is 0 Å². The van der Waals surface area contributed by atoms with Gasteiger partial charge in [0.25, 0.3) is 0 Å². The molecule has 0 radical (unpaired) electrons. The Morgan fingerprint density at radius 2 is 1.61 bits per heavy atom. The molecule has 0 fully saturated rings. The van der Waals surface area contributed by atoms with Gasteiger partial charge in [0, 0.05) is 0 Å². The molecular formula is C13H17O4Zr. The van der Waals surface area contributed by atoms with E-state index in [0.717, 1.165) is 0 Å². The fraction of sp³-hybridized carbons (Fsp3) is 0.385. The third-order valence-electron chi connectivity index (χ3n) is 2.20. The standard InChI is InChI=1S/C9H7O2.2C2H5O.Zr/c10-7-6-9(11)8-4-2-1-3-5-8;2*1-2-3;/h1-5H,6H2;2*2H2,1H3;/q;2*-1;+2. The quantitative estimate of drug-likeness (QED) is 0.543. The minimum absolute atomic E-state index is 0.112. The number of hydrogen-bond acceptors (Lipinski definition) is 4. The van der Waals surface area contributed by atoms with Gasteiger partial charge in [-0.15, -0.1) is 0 Å². The maximum absolute atomic E-state index is 11.9. The second-order valence-corrected chi connectivity index (χ2v) is 7.75. The van der Waals surface area contributed by atoms with E-state index in [-0.39, 0.29) is 15.7 Å². The molecule has 1 rings (SSSR count). The molecule has 0 saturated heterocycles. The van der Waals surface area contributed by atoms with Crippen molar-refractivity contribution in [2.75, 3.05) is 13.2 Å². The Morgan fingerprint density at radius 3 is 2.11 bits per heavy atom. The molecular weight excluding hydrogens is 311 g/mol. The van der Waals surface area contributed by atoms with Crippen LogP contribution in [0.2, 0.25) is 0 Å². The summed E-state index contributed by atoms with van der Waals surface area (Å²) in [4.78, 5) is 23.8. The molecule has 4 nitrogen and oxygen atoms in total. The Balaban J connectivity index is 2.60. The predicted molar refractivity (Wildman–Crippen MR) is 63.6 cm³/mol. The monoisotopic (exact) mass is 327 g/mol. The van der Waals surface area contributed by atoms with Crippen molar-refractivity contribution in [3.63, 3.8) is 0 Å². The number of benzene rings is 1. The molecule has 0 aliphatic heterocycles. The van der Waals surface area contributed by atoms with Gasteiger partial charge >= 0.3 is 116 Å². The van der Waals surface area contributed by atoms with Crippen LogP contribution in [0.5, 0.6) is 0 Å². The molecule has 1 aromatic rings. The Morgan fingerprint density at radius 1 is 1.06 bits per heavy atom. The topological polar surface area (TPSA) is 52.6 Å². The molecule has 0 aliphatic carbocycles. The number of carbonyl (C=O) groups is 2. The first-order valence-electron chi connectivity index (χ1n) is 5.93. The van der Waals surface area contributed by atoms with Gasteiger partial charge in [0.15, 0.2) is 0 Å². The summed E-state index contributed by atoms with van der Waals surface area (Å²) in [5, 5.41) is 0. The van der Waals surface area contributed by atoms with E-state index in [1.165, 1.54) is 0 Å². The molecule has 0 atom stereocenters. The van der Waals surface area contributed by atoms with Gasteiger partial charge < -0.3 is 0 Å². The molecule has 0 amide bonds. The van der Waals surface area contributed by atoms with Crippen LogP contribution in [0, 0.1) is 0 Å². The van der Waals surface area contributed by atoms with Gasteiger partial charge in [0.2, 0.25) is 0 Å². The average molecular weight is 328 g/mol. The van der Waals surface area contributed by atoms with Crippen LogP contribution in [0.25, 0.3) is 0 Å². The molecule has 0 aliphatic rings. The molecule has 0 aromatic heterocycles. The van der Waals surface area contributed by atoms with Gasteiger partial charge in [0.05, 0.1) is 0 Å². The average Bonchev–Trinajstić information content (AvgIpc) is 2.39. The summed E-state index contributed by atoms with van der Waals surface area (Å²) in [5.41, 5.74) is 0.557. The fourth-order valence-corrected chi connectivity index (χ4v) is 4.44. The molecule has 0 heterocycles. The van der Waals surface area contributed by atoms with Crippen molar-refractivity contribution in [1.82, 2.24) is 0 Å². The summed E-state index contributed by atoms with van der Waals surface area (Å²) in [6.45, 7) is 4.57. The Hall–Kier alpha value is -0.637. The van der Waals surface area contributed by atoms with Gasteiger partial charge in [-0.05, 0) is 0 Å². The second kappa shape index (κ2) is 8.46. The molecule has 0 saturated carbocycles. The first kappa shape index (κ1) is 15.4. The fourth-order valence-electron chi connectivity index (χ4n) is 1.41. The molecule has 5 heteroatoms. The SMILES string of the molecule is CC[O][Zr]([O]CC)[C](=O)CC(=O)c1ccccc1. The zero-order chi connectivity index (χ0) is 13.4. The number of rotatable bonds is 8. The van der Waals surface area contributed by atoms with Crippen molar-refractivity contribution in [2.45, 2.75) is 20.3 Å². The van der Waals surface area contributed by atoms with E-state index in [4.69, 9.17) is 5.63 Å². The van der Waals surface area contributed by atoms with Crippen LogP contribution in [0.1, 0.15) is 30.6 Å². The first-order valence-corrected chi connectivity index (χ1v) is 9.16. The van der Waals surface area contributed by atoms with Crippen molar-refractivity contribution >= 4 is 9.27 Å². The van der Waals surface area contributed by atoms with E-state index >= 15 is 0 Å². The normalized spacial score (nSPS) is 10.1. The number of ketones is 1. The van der Waals surface area contributed by atoms with Crippen LogP contribution in [0.3, 0.4) is 0 Å². The number of hydrogen-bond donors (Lipinski definition) is 0. The predicted octanol–water partition coefficient (Wildman–Crippen LogP) is 2.31. The van der Waals surface area contributed by atoms with Crippen LogP contribution in [-0.4, -0.2) is 22.5 Å². The van der Waals surface area contributed by atoms with E-state index in [1.807, 2.05) is 19.9 Å². The first-order chi connectivity index (χ1) is 8.69.